The van der Waals surface area contributed by atoms with E-state index in [1.54, 1.807) is 0 Å². The Kier molecular flexibility index (Phi) is 5.49. The molecule has 0 saturated heterocycles. The average Bonchev–Trinajstić information content (AvgIpc) is 2.55. The normalized spacial score (nSPS) is 11.0. The molecule has 0 aliphatic heterocycles. The first-order chi connectivity index (χ1) is 12.1. The van der Waals surface area contributed by atoms with Crippen LogP contribution in [0.2, 0.25) is 0 Å². The number of hydrogen-bond donors (Lipinski definition) is 1. The van der Waals surface area contributed by atoms with Crippen LogP contribution in [0.3, 0.4) is 0 Å². The summed E-state index contributed by atoms with van der Waals surface area (Å²) in [5, 5.41) is 2.46. The van der Waals surface area contributed by atoms with E-state index in [0.29, 0.717) is 6.07 Å². The zero-order chi connectivity index (χ0) is 19.5. The summed E-state index contributed by atoms with van der Waals surface area (Å²) in [5.74, 6) is -3.10. The number of esters is 2. The molecule has 2 rings (SSSR count). The number of nitrogens with one attached hydrogen (secondary N) is 1. The number of benzene rings is 2. The molecule has 2 aromatic rings. The molecule has 0 bridgehead atoms. The molecule has 0 spiro atoms. The zero-order valence-electron chi connectivity index (χ0n) is 13.6. The monoisotopic (exact) mass is 371 g/mol. The largest absolute Gasteiger partial charge is 0.465 e. The summed E-state index contributed by atoms with van der Waals surface area (Å²) in [5.41, 5.74) is -1.91. The molecule has 0 aromatic heterocycles. The molecule has 5 nitrogen and oxygen atoms in total. The highest BCUT2D eigenvalue weighted by atomic mass is 19.4. The lowest BCUT2D eigenvalue weighted by atomic mass is 10.1. The van der Waals surface area contributed by atoms with E-state index >= 15 is 0 Å². The SMILES string of the molecule is COC(=O)c1cc(Nc2cccc(C(F)(F)F)c2F)ccc1OC(C)=O. The molecule has 0 heterocycles. The first kappa shape index (κ1) is 19.2. The number of halogens is 4. The fourth-order valence-electron chi connectivity index (χ4n) is 2.12. The molecule has 26 heavy (non-hydrogen) atoms. The maximum atomic E-state index is 14.1. The minimum atomic E-state index is -4.85. The Balaban J connectivity index is 2.42. The molecular formula is C17H13F4NO4. The van der Waals surface area contributed by atoms with E-state index in [1.807, 2.05) is 0 Å². The predicted octanol–water partition coefficient (Wildman–Crippen LogP) is 4.30. The van der Waals surface area contributed by atoms with Crippen molar-refractivity contribution in [1.29, 1.82) is 0 Å². The predicted molar refractivity (Wildman–Crippen MR) is 83.8 cm³/mol. The molecule has 9 heteroatoms. The highest BCUT2D eigenvalue weighted by Crippen LogP contribution is 2.35. The lowest BCUT2D eigenvalue weighted by Crippen LogP contribution is -2.11. The fourth-order valence-corrected chi connectivity index (χ4v) is 2.12. The molecule has 1 N–H and O–H groups in total. The number of rotatable bonds is 4. The van der Waals surface area contributed by atoms with Gasteiger partial charge in [-0.2, -0.15) is 13.2 Å². The third kappa shape index (κ3) is 4.29. The first-order valence-corrected chi connectivity index (χ1v) is 7.17. The summed E-state index contributed by atoms with van der Waals surface area (Å²) in [6.07, 6.45) is -4.85. The van der Waals surface area contributed by atoms with E-state index < -0.39 is 35.2 Å². The average molecular weight is 371 g/mol. The highest BCUT2D eigenvalue weighted by Gasteiger charge is 2.34. The van der Waals surface area contributed by atoms with Gasteiger partial charge in [0.1, 0.15) is 11.3 Å². The third-order valence-electron chi connectivity index (χ3n) is 3.22. The quantitative estimate of drug-likeness (QED) is 0.493. The van der Waals surface area contributed by atoms with Crippen molar-refractivity contribution >= 4 is 23.3 Å². The molecule has 0 aliphatic carbocycles. The summed E-state index contributed by atoms with van der Waals surface area (Å²) >= 11 is 0. The summed E-state index contributed by atoms with van der Waals surface area (Å²) < 4.78 is 61.9. The van der Waals surface area contributed by atoms with E-state index in [2.05, 4.69) is 10.1 Å². The van der Waals surface area contributed by atoms with Crippen LogP contribution in [-0.4, -0.2) is 19.0 Å². The van der Waals surface area contributed by atoms with Crippen molar-refractivity contribution in [2.45, 2.75) is 13.1 Å². The van der Waals surface area contributed by atoms with E-state index in [1.165, 1.54) is 18.2 Å². The topological polar surface area (TPSA) is 64.6 Å². The van der Waals surface area contributed by atoms with Crippen LogP contribution >= 0.6 is 0 Å². The van der Waals surface area contributed by atoms with Crippen LogP contribution < -0.4 is 10.1 Å². The lowest BCUT2D eigenvalue weighted by molar-refractivity contribution is -0.140. The van der Waals surface area contributed by atoms with Crippen molar-refractivity contribution in [3.8, 4) is 5.75 Å². The molecule has 0 radical (unpaired) electrons. The van der Waals surface area contributed by atoms with Crippen molar-refractivity contribution in [2.24, 2.45) is 0 Å². The molecule has 2 aromatic carbocycles. The van der Waals surface area contributed by atoms with Crippen LogP contribution in [0.5, 0.6) is 5.75 Å². The molecular weight excluding hydrogens is 358 g/mol. The van der Waals surface area contributed by atoms with Gasteiger partial charge in [0.15, 0.2) is 5.82 Å². The fraction of sp³-hybridized carbons (Fsp3) is 0.176. The minimum absolute atomic E-state index is 0.0968. The maximum absolute atomic E-state index is 14.1. The Morgan fingerprint density at radius 3 is 2.38 bits per heavy atom. The summed E-state index contributed by atoms with van der Waals surface area (Å²) in [7, 11) is 1.10. The van der Waals surface area contributed by atoms with Gasteiger partial charge in [-0.25, -0.2) is 9.18 Å². The van der Waals surface area contributed by atoms with Gasteiger partial charge in [-0.15, -0.1) is 0 Å². The molecule has 0 saturated carbocycles. The van der Waals surface area contributed by atoms with Crippen LogP contribution in [-0.2, 0) is 15.7 Å². The summed E-state index contributed by atoms with van der Waals surface area (Å²) in [6, 6.07) is 6.49. The number of methoxy groups -OCH3 is 1. The van der Waals surface area contributed by atoms with E-state index in [4.69, 9.17) is 4.74 Å². The number of hydrogen-bond acceptors (Lipinski definition) is 5. The van der Waals surface area contributed by atoms with Crippen LogP contribution in [0.1, 0.15) is 22.8 Å². The molecule has 0 unspecified atom stereocenters. The zero-order valence-corrected chi connectivity index (χ0v) is 13.6. The van der Waals surface area contributed by atoms with Gasteiger partial charge in [-0.3, -0.25) is 4.79 Å². The number of anilines is 2. The third-order valence-corrected chi connectivity index (χ3v) is 3.22. The van der Waals surface area contributed by atoms with Crippen LogP contribution in [0, 0.1) is 5.82 Å². The molecule has 0 fully saturated rings. The Morgan fingerprint density at radius 1 is 1.12 bits per heavy atom. The van der Waals surface area contributed by atoms with E-state index in [0.717, 1.165) is 26.2 Å². The van der Waals surface area contributed by atoms with Crippen molar-refractivity contribution in [1.82, 2.24) is 0 Å². The van der Waals surface area contributed by atoms with Gasteiger partial charge in [0.25, 0.3) is 0 Å². The molecule has 0 aliphatic rings. The van der Waals surface area contributed by atoms with Gasteiger partial charge in [0, 0.05) is 12.6 Å². The second-order valence-corrected chi connectivity index (χ2v) is 5.09. The van der Waals surface area contributed by atoms with Gasteiger partial charge in [-0.05, 0) is 30.3 Å². The lowest BCUT2D eigenvalue weighted by Gasteiger charge is -2.14. The van der Waals surface area contributed by atoms with Crippen molar-refractivity contribution in [2.75, 3.05) is 12.4 Å². The van der Waals surface area contributed by atoms with Gasteiger partial charge >= 0.3 is 18.1 Å². The highest BCUT2D eigenvalue weighted by molar-refractivity contribution is 5.94. The number of carbonyl (C=O) groups excluding carboxylic acids is 2. The minimum Gasteiger partial charge on any atom is -0.465 e. The van der Waals surface area contributed by atoms with Crippen molar-refractivity contribution < 1.29 is 36.6 Å². The van der Waals surface area contributed by atoms with Crippen molar-refractivity contribution in [3.05, 3.63) is 53.3 Å². The maximum Gasteiger partial charge on any atom is 0.419 e. The standard InChI is InChI=1S/C17H13F4NO4/c1-9(23)26-14-7-6-10(8-11(14)16(24)25-2)22-13-5-3-4-12(15(13)18)17(19,20)21/h3-8,22H,1-2H3. The van der Waals surface area contributed by atoms with Crippen LogP contribution in [0.25, 0.3) is 0 Å². The number of carbonyl (C=O) groups is 2. The molecule has 0 atom stereocenters. The van der Waals surface area contributed by atoms with Gasteiger partial charge in [-0.1, -0.05) is 6.07 Å². The van der Waals surface area contributed by atoms with Crippen LogP contribution in [0.15, 0.2) is 36.4 Å². The summed E-state index contributed by atoms with van der Waals surface area (Å²) in [4.78, 5) is 22.9. The molecule has 138 valence electrons. The summed E-state index contributed by atoms with van der Waals surface area (Å²) in [6.45, 7) is 1.13. The Morgan fingerprint density at radius 2 is 1.81 bits per heavy atom. The second kappa shape index (κ2) is 7.42. The van der Waals surface area contributed by atoms with Gasteiger partial charge < -0.3 is 14.8 Å². The molecule has 0 amide bonds. The Labute approximate surface area is 145 Å². The Hall–Kier alpha value is -3.10. The number of alkyl halides is 3. The van der Waals surface area contributed by atoms with Gasteiger partial charge in [0.2, 0.25) is 0 Å². The first-order valence-electron chi connectivity index (χ1n) is 7.17. The van der Waals surface area contributed by atoms with Gasteiger partial charge in [0.05, 0.1) is 18.4 Å². The Bertz CT molecular complexity index is 849. The van der Waals surface area contributed by atoms with E-state index in [9.17, 15) is 27.2 Å². The number of ether oxygens (including phenoxy) is 2. The van der Waals surface area contributed by atoms with Crippen LogP contribution in [0.4, 0.5) is 28.9 Å². The smallest absolute Gasteiger partial charge is 0.419 e. The van der Waals surface area contributed by atoms with Crippen molar-refractivity contribution in [3.63, 3.8) is 0 Å². The second-order valence-electron chi connectivity index (χ2n) is 5.09. The van der Waals surface area contributed by atoms with E-state index in [-0.39, 0.29) is 17.0 Å².